The Morgan fingerprint density at radius 3 is 2.42 bits per heavy atom. The third kappa shape index (κ3) is 5.30. The van der Waals surface area contributed by atoms with Crippen molar-refractivity contribution in [2.24, 2.45) is 11.8 Å². The molecule has 0 saturated heterocycles. The fourth-order valence-electron chi connectivity index (χ4n) is 4.17. The lowest BCUT2D eigenvalue weighted by molar-refractivity contribution is -0.137. The molecule has 1 atom stereocenters. The smallest absolute Gasteiger partial charge is 0.266 e. The molecule has 0 radical (unpaired) electrons. The Balaban J connectivity index is 2.32. The molecule has 1 aromatic heterocycles. The maximum atomic E-state index is 13.8. The SMILES string of the molecule is CCC(c1nc2ccccc2c(=O)n1-c1ccc(Cl)cc1C)N(CCC(C)C)C(=O)C(C)C. The summed E-state index contributed by atoms with van der Waals surface area (Å²) in [5, 5.41) is 1.16. The number of amides is 1. The average molecular weight is 468 g/mol. The number of aryl methyl sites for hydroxylation is 1. The molecule has 0 bridgehead atoms. The van der Waals surface area contributed by atoms with Crippen molar-refractivity contribution in [2.75, 3.05) is 6.54 Å². The monoisotopic (exact) mass is 467 g/mol. The van der Waals surface area contributed by atoms with E-state index < -0.39 is 0 Å². The molecule has 33 heavy (non-hydrogen) atoms. The highest BCUT2D eigenvalue weighted by Gasteiger charge is 2.30. The number of rotatable bonds is 8. The first kappa shape index (κ1) is 25.0. The normalized spacial score (nSPS) is 12.5. The van der Waals surface area contributed by atoms with Crippen molar-refractivity contribution >= 4 is 28.4 Å². The summed E-state index contributed by atoms with van der Waals surface area (Å²) in [6.45, 7) is 12.7. The number of halogens is 1. The number of hydrogen-bond donors (Lipinski definition) is 0. The van der Waals surface area contributed by atoms with E-state index in [0.717, 1.165) is 17.7 Å². The Morgan fingerprint density at radius 2 is 1.82 bits per heavy atom. The molecular formula is C27H34ClN3O2. The summed E-state index contributed by atoms with van der Waals surface area (Å²) in [7, 11) is 0. The molecule has 1 heterocycles. The predicted octanol–water partition coefficient (Wildman–Crippen LogP) is 6.33. The van der Waals surface area contributed by atoms with Crippen LogP contribution in [-0.4, -0.2) is 26.9 Å². The minimum Gasteiger partial charge on any atom is -0.332 e. The molecule has 6 heteroatoms. The molecule has 0 aliphatic rings. The van der Waals surface area contributed by atoms with Crippen LogP contribution in [0.3, 0.4) is 0 Å². The highest BCUT2D eigenvalue weighted by Crippen LogP contribution is 2.29. The van der Waals surface area contributed by atoms with Crippen molar-refractivity contribution in [1.29, 1.82) is 0 Å². The fraction of sp³-hybridized carbons (Fsp3) is 0.444. The molecule has 2 aromatic carbocycles. The standard InChI is InChI=1S/C27H34ClN3O2/c1-7-23(30(15-14-17(2)3)26(32)18(4)5)25-29-22-11-9-8-10-21(22)27(33)31(25)24-13-12-20(28)16-19(24)6/h8-13,16-18,23H,7,14-15H2,1-6H3. The van der Waals surface area contributed by atoms with E-state index in [0.29, 0.717) is 40.6 Å². The van der Waals surface area contributed by atoms with Gasteiger partial charge in [0.05, 0.1) is 22.6 Å². The third-order valence-electron chi connectivity index (χ3n) is 5.99. The molecule has 1 unspecified atom stereocenters. The van der Waals surface area contributed by atoms with Gasteiger partial charge in [-0.2, -0.15) is 0 Å². The number of carbonyl (C=O) groups excluding carboxylic acids is 1. The first-order valence-corrected chi connectivity index (χ1v) is 12.1. The number of para-hydroxylation sites is 1. The van der Waals surface area contributed by atoms with Gasteiger partial charge in [-0.25, -0.2) is 4.98 Å². The van der Waals surface area contributed by atoms with E-state index in [9.17, 15) is 9.59 Å². The van der Waals surface area contributed by atoms with Crippen molar-refractivity contribution in [1.82, 2.24) is 14.5 Å². The highest BCUT2D eigenvalue weighted by atomic mass is 35.5. The maximum absolute atomic E-state index is 13.8. The lowest BCUT2D eigenvalue weighted by Crippen LogP contribution is -2.41. The second-order valence-electron chi connectivity index (χ2n) is 9.35. The second kappa shape index (κ2) is 10.5. The van der Waals surface area contributed by atoms with Gasteiger partial charge in [-0.05, 0) is 61.6 Å². The highest BCUT2D eigenvalue weighted by molar-refractivity contribution is 6.30. The molecule has 0 aliphatic heterocycles. The third-order valence-corrected chi connectivity index (χ3v) is 6.22. The summed E-state index contributed by atoms with van der Waals surface area (Å²) in [5.41, 5.74) is 2.11. The van der Waals surface area contributed by atoms with E-state index in [-0.39, 0.29) is 23.4 Å². The summed E-state index contributed by atoms with van der Waals surface area (Å²) >= 11 is 6.21. The second-order valence-corrected chi connectivity index (χ2v) is 9.79. The molecule has 0 saturated carbocycles. The molecular weight excluding hydrogens is 434 g/mol. The van der Waals surface area contributed by atoms with Crippen LogP contribution in [0.15, 0.2) is 47.3 Å². The number of carbonyl (C=O) groups is 1. The summed E-state index contributed by atoms with van der Waals surface area (Å²) in [4.78, 5) is 34.0. The van der Waals surface area contributed by atoms with Crippen LogP contribution in [0.5, 0.6) is 0 Å². The van der Waals surface area contributed by atoms with Crippen molar-refractivity contribution in [3.05, 3.63) is 69.2 Å². The lowest BCUT2D eigenvalue weighted by Gasteiger charge is -2.34. The predicted molar refractivity (Wildman–Crippen MR) is 136 cm³/mol. The Hall–Kier alpha value is -2.66. The maximum Gasteiger partial charge on any atom is 0.266 e. The van der Waals surface area contributed by atoms with Crippen LogP contribution in [0.2, 0.25) is 5.02 Å². The molecule has 0 spiro atoms. The Morgan fingerprint density at radius 1 is 1.12 bits per heavy atom. The van der Waals surface area contributed by atoms with Gasteiger partial charge in [-0.15, -0.1) is 0 Å². The minimum absolute atomic E-state index is 0.0734. The van der Waals surface area contributed by atoms with Gasteiger partial charge in [0, 0.05) is 17.5 Å². The van der Waals surface area contributed by atoms with Crippen LogP contribution < -0.4 is 5.56 Å². The van der Waals surface area contributed by atoms with Crippen LogP contribution in [0, 0.1) is 18.8 Å². The lowest BCUT2D eigenvalue weighted by atomic mass is 10.0. The first-order chi connectivity index (χ1) is 15.6. The summed E-state index contributed by atoms with van der Waals surface area (Å²) in [6, 6.07) is 12.5. The van der Waals surface area contributed by atoms with E-state index in [1.807, 2.05) is 62.9 Å². The largest absolute Gasteiger partial charge is 0.332 e. The zero-order chi connectivity index (χ0) is 24.3. The first-order valence-electron chi connectivity index (χ1n) is 11.7. The molecule has 5 nitrogen and oxygen atoms in total. The molecule has 0 fully saturated rings. The van der Waals surface area contributed by atoms with Crippen molar-refractivity contribution in [3.63, 3.8) is 0 Å². The summed E-state index contributed by atoms with van der Waals surface area (Å²) in [6.07, 6.45) is 1.53. The summed E-state index contributed by atoms with van der Waals surface area (Å²) in [5.74, 6) is 0.966. The van der Waals surface area contributed by atoms with Crippen LogP contribution in [0.25, 0.3) is 16.6 Å². The molecule has 0 aliphatic carbocycles. The minimum atomic E-state index is -0.328. The van der Waals surface area contributed by atoms with Gasteiger partial charge in [0.25, 0.3) is 5.56 Å². The zero-order valence-corrected chi connectivity index (χ0v) is 21.2. The van der Waals surface area contributed by atoms with E-state index in [4.69, 9.17) is 16.6 Å². The number of nitrogens with zero attached hydrogens (tertiary/aromatic N) is 3. The van der Waals surface area contributed by atoms with Crippen molar-refractivity contribution in [2.45, 2.75) is 60.4 Å². The van der Waals surface area contributed by atoms with Crippen molar-refractivity contribution < 1.29 is 4.79 Å². The number of aromatic nitrogens is 2. The average Bonchev–Trinajstić information content (AvgIpc) is 2.76. The van der Waals surface area contributed by atoms with Crippen LogP contribution in [0.1, 0.15) is 64.9 Å². The van der Waals surface area contributed by atoms with E-state index in [2.05, 4.69) is 13.8 Å². The van der Waals surface area contributed by atoms with E-state index in [1.54, 1.807) is 16.7 Å². The van der Waals surface area contributed by atoms with Crippen LogP contribution in [0.4, 0.5) is 0 Å². The van der Waals surface area contributed by atoms with Gasteiger partial charge in [-0.1, -0.05) is 58.4 Å². The molecule has 3 rings (SSSR count). The van der Waals surface area contributed by atoms with Gasteiger partial charge in [-0.3, -0.25) is 14.2 Å². The fourth-order valence-corrected chi connectivity index (χ4v) is 4.39. The number of hydrogen-bond acceptors (Lipinski definition) is 3. The van der Waals surface area contributed by atoms with Crippen molar-refractivity contribution in [3.8, 4) is 5.69 Å². The topological polar surface area (TPSA) is 55.2 Å². The number of benzene rings is 2. The Labute approximate surface area is 201 Å². The van der Waals surface area contributed by atoms with Gasteiger partial charge in [0.15, 0.2) is 0 Å². The Bertz CT molecular complexity index is 1200. The van der Waals surface area contributed by atoms with E-state index >= 15 is 0 Å². The van der Waals surface area contributed by atoms with Gasteiger partial charge >= 0.3 is 0 Å². The molecule has 0 N–H and O–H groups in total. The van der Waals surface area contributed by atoms with E-state index in [1.165, 1.54) is 0 Å². The zero-order valence-electron chi connectivity index (χ0n) is 20.4. The van der Waals surface area contributed by atoms with Crippen LogP contribution in [-0.2, 0) is 4.79 Å². The quantitative estimate of drug-likeness (QED) is 0.389. The number of fused-ring (bicyclic) bond motifs is 1. The molecule has 3 aromatic rings. The van der Waals surface area contributed by atoms with Gasteiger partial charge < -0.3 is 4.90 Å². The summed E-state index contributed by atoms with van der Waals surface area (Å²) < 4.78 is 1.68. The van der Waals surface area contributed by atoms with Gasteiger partial charge in [0.2, 0.25) is 5.91 Å². The van der Waals surface area contributed by atoms with Gasteiger partial charge in [0.1, 0.15) is 5.82 Å². The van der Waals surface area contributed by atoms with Crippen LogP contribution >= 0.6 is 11.6 Å². The molecule has 176 valence electrons. The molecule has 1 amide bonds. The Kier molecular flexibility index (Phi) is 7.96.